The Kier molecular flexibility index (Phi) is 6.30. The molecule has 0 amide bonds. The summed E-state index contributed by atoms with van der Waals surface area (Å²) in [6.07, 6.45) is 6.61. The molecule has 0 atom stereocenters. The minimum absolute atomic E-state index is 0.201. The van der Waals surface area contributed by atoms with Crippen molar-refractivity contribution in [3.05, 3.63) is 69.5 Å². The van der Waals surface area contributed by atoms with E-state index in [1.54, 1.807) is 19.4 Å². The molecule has 10 nitrogen and oxygen atoms in total. The molecule has 4 aromatic rings. The molecule has 5 heterocycles. The van der Waals surface area contributed by atoms with Crippen molar-refractivity contribution < 1.29 is 23.4 Å². The molecule has 0 unspecified atom stereocenters. The number of pyridine rings is 2. The number of nitrogens with one attached hydrogen (secondary N) is 1. The van der Waals surface area contributed by atoms with Gasteiger partial charge in [-0.05, 0) is 24.5 Å². The fraction of sp³-hybridized carbons (Fsp3) is 0.333. The number of carbonyl (C=O) groups is 1. The third-order valence-electron chi connectivity index (χ3n) is 8.42. The summed E-state index contributed by atoms with van der Waals surface area (Å²) in [4.78, 5) is 38.6. The van der Waals surface area contributed by atoms with Gasteiger partial charge < -0.3 is 25.0 Å². The zero-order valence-electron chi connectivity index (χ0n) is 22.9. The monoisotopic (exact) mass is 574 g/mol. The van der Waals surface area contributed by atoms with E-state index in [0.29, 0.717) is 77.7 Å². The van der Waals surface area contributed by atoms with Gasteiger partial charge in [-0.1, -0.05) is 0 Å². The molecule has 2 fully saturated rings. The van der Waals surface area contributed by atoms with Crippen LogP contribution in [0.2, 0.25) is 0 Å². The standard InChI is InChI=1S/C30H28F2N6O4/c1-33-21-12-20(31)26(32)24-17(21)11-22-25(24)27(37-4-2-3-5-37)18(13-34-22)16-10-23(36-6-8-42-9-7-36)28-35-14-19(30(40)41)29(39)38(28)15-16/h10,12-15,33H,2-9,11H2,1H3,(H,40,41). The quantitative estimate of drug-likeness (QED) is 0.324. The Hall–Kier alpha value is -4.58. The number of anilines is 3. The lowest BCUT2D eigenvalue weighted by Gasteiger charge is -2.30. The molecule has 3 aliphatic rings. The highest BCUT2D eigenvalue weighted by atomic mass is 19.2. The first-order valence-electron chi connectivity index (χ1n) is 13.9. The Bertz CT molecular complexity index is 1830. The number of fused-ring (bicyclic) bond motifs is 4. The summed E-state index contributed by atoms with van der Waals surface area (Å²) < 4.78 is 37.3. The molecule has 2 saturated heterocycles. The number of aromatic nitrogens is 3. The molecule has 1 aliphatic carbocycles. The highest BCUT2D eigenvalue weighted by molar-refractivity contribution is 5.97. The van der Waals surface area contributed by atoms with Crippen LogP contribution in [0.1, 0.15) is 34.5 Å². The van der Waals surface area contributed by atoms with Gasteiger partial charge >= 0.3 is 5.97 Å². The predicted molar refractivity (Wildman–Crippen MR) is 154 cm³/mol. The van der Waals surface area contributed by atoms with Crippen LogP contribution < -0.4 is 20.7 Å². The number of morpholine rings is 1. The fourth-order valence-corrected chi connectivity index (χ4v) is 6.41. The van der Waals surface area contributed by atoms with Crippen molar-refractivity contribution in [3.8, 4) is 22.3 Å². The van der Waals surface area contributed by atoms with E-state index in [0.717, 1.165) is 37.8 Å². The molecule has 42 heavy (non-hydrogen) atoms. The highest BCUT2D eigenvalue weighted by Gasteiger charge is 2.34. The van der Waals surface area contributed by atoms with Crippen molar-refractivity contribution in [1.29, 1.82) is 0 Å². The molecule has 0 bridgehead atoms. The molecule has 1 aromatic carbocycles. The number of nitrogens with zero attached hydrogens (tertiary/aromatic N) is 5. The van der Waals surface area contributed by atoms with Crippen molar-refractivity contribution in [1.82, 2.24) is 14.4 Å². The lowest BCUT2D eigenvalue weighted by atomic mass is 9.97. The fourth-order valence-electron chi connectivity index (χ4n) is 6.41. The maximum Gasteiger partial charge on any atom is 0.342 e. The number of hydrogen-bond acceptors (Lipinski definition) is 8. The summed E-state index contributed by atoms with van der Waals surface area (Å²) in [5, 5.41) is 12.6. The minimum Gasteiger partial charge on any atom is -0.477 e. The van der Waals surface area contributed by atoms with Gasteiger partial charge in [0.25, 0.3) is 5.56 Å². The van der Waals surface area contributed by atoms with Crippen molar-refractivity contribution in [2.75, 3.05) is 61.6 Å². The number of hydrogen-bond donors (Lipinski definition) is 2. The molecular weight excluding hydrogens is 546 g/mol. The molecule has 7 rings (SSSR count). The summed E-state index contributed by atoms with van der Waals surface area (Å²) in [5.74, 6) is -3.23. The van der Waals surface area contributed by atoms with Gasteiger partial charge in [0.05, 0.1) is 30.3 Å². The van der Waals surface area contributed by atoms with Crippen molar-refractivity contribution in [2.45, 2.75) is 19.3 Å². The maximum atomic E-state index is 15.6. The second-order valence-corrected chi connectivity index (χ2v) is 10.7. The zero-order chi connectivity index (χ0) is 29.1. The van der Waals surface area contributed by atoms with Crippen molar-refractivity contribution in [2.24, 2.45) is 0 Å². The lowest BCUT2D eigenvalue weighted by molar-refractivity contribution is 0.0694. The van der Waals surface area contributed by atoms with E-state index in [-0.39, 0.29) is 5.56 Å². The smallest absolute Gasteiger partial charge is 0.342 e. The van der Waals surface area contributed by atoms with E-state index in [4.69, 9.17) is 9.72 Å². The summed E-state index contributed by atoms with van der Waals surface area (Å²) in [6, 6.07) is 3.08. The van der Waals surface area contributed by atoms with Gasteiger partial charge in [-0.25, -0.2) is 18.6 Å². The number of halogens is 2. The molecule has 216 valence electrons. The van der Waals surface area contributed by atoms with Gasteiger partial charge in [0.2, 0.25) is 0 Å². The van der Waals surface area contributed by atoms with Crippen LogP contribution in [0.4, 0.5) is 25.8 Å². The first-order valence-corrected chi connectivity index (χ1v) is 13.9. The average Bonchev–Trinajstić information content (AvgIpc) is 3.67. The van der Waals surface area contributed by atoms with Gasteiger partial charge in [0, 0.05) is 92.2 Å². The Morgan fingerprint density at radius 2 is 1.79 bits per heavy atom. The van der Waals surface area contributed by atoms with Gasteiger partial charge in [-0.2, -0.15) is 0 Å². The van der Waals surface area contributed by atoms with E-state index < -0.39 is 28.7 Å². The minimum atomic E-state index is -1.37. The van der Waals surface area contributed by atoms with Gasteiger partial charge in [0.15, 0.2) is 17.3 Å². The number of carboxylic acid groups (broad SMARTS) is 1. The van der Waals surface area contributed by atoms with Crippen LogP contribution in [0.3, 0.4) is 0 Å². The van der Waals surface area contributed by atoms with Crippen LogP contribution in [-0.4, -0.2) is 71.9 Å². The molecule has 12 heteroatoms. The number of benzene rings is 1. The normalized spacial score (nSPS) is 16.2. The second-order valence-electron chi connectivity index (χ2n) is 10.7. The Labute approximate surface area is 239 Å². The van der Waals surface area contributed by atoms with E-state index >= 15 is 4.39 Å². The molecule has 0 saturated carbocycles. The summed E-state index contributed by atoms with van der Waals surface area (Å²) in [7, 11) is 1.68. The number of carboxylic acids is 1. The van der Waals surface area contributed by atoms with E-state index in [2.05, 4.69) is 20.1 Å². The van der Waals surface area contributed by atoms with Crippen molar-refractivity contribution in [3.63, 3.8) is 0 Å². The lowest BCUT2D eigenvalue weighted by Crippen LogP contribution is -2.37. The topological polar surface area (TPSA) is 112 Å². The van der Waals surface area contributed by atoms with Crippen LogP contribution in [0.15, 0.2) is 35.5 Å². The molecule has 0 spiro atoms. The Morgan fingerprint density at radius 3 is 2.50 bits per heavy atom. The first kappa shape index (κ1) is 26.3. The van der Waals surface area contributed by atoms with Crippen molar-refractivity contribution >= 4 is 28.7 Å². The molecule has 3 aromatic heterocycles. The molecular formula is C30H28F2N6O4. The van der Waals surface area contributed by atoms with E-state index in [1.807, 2.05) is 6.07 Å². The SMILES string of the molecule is CNc1cc(F)c(F)c2c1Cc1ncc(-c3cc(N4CCOCC4)c4ncc(C(=O)O)c(=O)n4c3)c(N3CCCC3)c1-2. The van der Waals surface area contributed by atoms with E-state index in [9.17, 15) is 19.1 Å². The van der Waals surface area contributed by atoms with Crippen LogP contribution in [0, 0.1) is 11.6 Å². The van der Waals surface area contributed by atoms with E-state index in [1.165, 1.54) is 10.5 Å². The van der Waals surface area contributed by atoms with Gasteiger partial charge in [0.1, 0.15) is 5.56 Å². The first-order chi connectivity index (χ1) is 20.4. The number of ether oxygens (including phenoxy) is 1. The average molecular weight is 575 g/mol. The highest BCUT2D eigenvalue weighted by Crippen LogP contribution is 2.50. The third kappa shape index (κ3) is 4.00. The van der Waals surface area contributed by atoms with Gasteiger partial charge in [-0.15, -0.1) is 0 Å². The largest absolute Gasteiger partial charge is 0.477 e. The van der Waals surface area contributed by atoms with Crippen LogP contribution in [0.25, 0.3) is 27.9 Å². The Morgan fingerprint density at radius 1 is 1.02 bits per heavy atom. The van der Waals surface area contributed by atoms with Crippen LogP contribution in [0.5, 0.6) is 0 Å². The second kappa shape index (κ2) is 10.1. The van der Waals surface area contributed by atoms with Crippen LogP contribution in [-0.2, 0) is 11.2 Å². The summed E-state index contributed by atoms with van der Waals surface area (Å²) >= 11 is 0. The molecule has 2 aliphatic heterocycles. The zero-order valence-corrected chi connectivity index (χ0v) is 22.9. The van der Waals surface area contributed by atoms with Gasteiger partial charge in [-0.3, -0.25) is 14.2 Å². The predicted octanol–water partition coefficient (Wildman–Crippen LogP) is 3.78. The molecule has 2 N–H and O–H groups in total. The summed E-state index contributed by atoms with van der Waals surface area (Å²) in [5.41, 5.74) is 4.33. The number of rotatable bonds is 5. The summed E-state index contributed by atoms with van der Waals surface area (Å²) in [6.45, 7) is 3.54. The number of aromatic carboxylic acids is 1. The third-order valence-corrected chi connectivity index (χ3v) is 8.42. The maximum absolute atomic E-state index is 15.6. The Balaban J connectivity index is 1.54. The van der Waals surface area contributed by atoms with Crippen LogP contribution >= 0.6 is 0 Å². The molecule has 0 radical (unpaired) electrons.